The molecule has 1 amide bonds. The molecular weight excluding hydrogens is 246 g/mol. The molecule has 1 heterocycles. The van der Waals surface area contributed by atoms with E-state index < -0.39 is 16.9 Å². The van der Waals surface area contributed by atoms with Crippen molar-refractivity contribution in [1.82, 2.24) is 10.3 Å². The molecule has 17 heavy (non-hydrogen) atoms. The van der Waals surface area contributed by atoms with Crippen LogP contribution in [-0.2, 0) is 0 Å². The Bertz CT molecular complexity index is 510. The summed E-state index contributed by atoms with van der Waals surface area (Å²) >= 11 is 5.68. The molecule has 0 saturated carbocycles. The van der Waals surface area contributed by atoms with Gasteiger partial charge in [-0.3, -0.25) is 14.9 Å². The van der Waals surface area contributed by atoms with Crippen molar-refractivity contribution < 1.29 is 9.72 Å². The van der Waals surface area contributed by atoms with Gasteiger partial charge in [0.2, 0.25) is 0 Å². The second-order valence-corrected chi connectivity index (χ2v) is 3.51. The summed E-state index contributed by atoms with van der Waals surface area (Å²) in [6, 6.07) is 0.547. The third kappa shape index (κ3) is 3.16. The highest BCUT2D eigenvalue weighted by Gasteiger charge is 2.17. The van der Waals surface area contributed by atoms with Crippen molar-refractivity contribution in [1.29, 1.82) is 0 Å². The number of halogens is 1. The second kappa shape index (κ2) is 5.27. The van der Waals surface area contributed by atoms with Gasteiger partial charge in [0.1, 0.15) is 11.3 Å². The zero-order valence-electron chi connectivity index (χ0n) is 8.81. The number of carbonyl (C=O) groups excluding carboxylic acids is 1. The minimum absolute atomic E-state index is 0.0806. The van der Waals surface area contributed by atoms with Crippen LogP contribution in [0.5, 0.6) is 0 Å². The van der Waals surface area contributed by atoms with Gasteiger partial charge < -0.3 is 5.32 Å². The molecule has 1 aromatic heterocycles. The van der Waals surface area contributed by atoms with E-state index in [0.717, 1.165) is 12.3 Å². The number of nitrogens with zero attached hydrogens (tertiary/aromatic N) is 2. The van der Waals surface area contributed by atoms with Crippen molar-refractivity contribution in [3.8, 4) is 12.3 Å². The molecule has 7 heteroatoms. The number of rotatable bonds is 3. The topological polar surface area (TPSA) is 85.1 Å². The van der Waals surface area contributed by atoms with Crippen molar-refractivity contribution in [3.05, 3.63) is 33.1 Å². The van der Waals surface area contributed by atoms with Gasteiger partial charge in [-0.25, -0.2) is 4.98 Å². The SMILES string of the molecule is C#CC(C)NC(=O)c1cc([N+](=O)[O-])cnc1Cl. The van der Waals surface area contributed by atoms with E-state index >= 15 is 0 Å². The molecule has 0 bridgehead atoms. The number of nitro groups is 1. The van der Waals surface area contributed by atoms with Gasteiger partial charge in [0.05, 0.1) is 16.5 Å². The van der Waals surface area contributed by atoms with Crippen LogP contribution in [0.1, 0.15) is 17.3 Å². The molecule has 1 N–H and O–H groups in total. The van der Waals surface area contributed by atoms with Gasteiger partial charge in [0, 0.05) is 6.07 Å². The van der Waals surface area contributed by atoms with Gasteiger partial charge in [0.15, 0.2) is 0 Å². The number of hydrogen-bond acceptors (Lipinski definition) is 4. The molecular formula is C10H8ClN3O3. The van der Waals surface area contributed by atoms with E-state index in [9.17, 15) is 14.9 Å². The third-order valence-corrected chi connectivity index (χ3v) is 2.18. The van der Waals surface area contributed by atoms with Crippen LogP contribution < -0.4 is 5.32 Å². The maximum atomic E-state index is 11.7. The fraction of sp³-hybridized carbons (Fsp3) is 0.200. The van der Waals surface area contributed by atoms with E-state index in [1.807, 2.05) is 0 Å². The molecule has 88 valence electrons. The number of hydrogen-bond donors (Lipinski definition) is 1. The Morgan fingerprint density at radius 1 is 1.76 bits per heavy atom. The molecule has 0 saturated heterocycles. The molecule has 1 atom stereocenters. The van der Waals surface area contributed by atoms with Crippen LogP contribution in [-0.4, -0.2) is 21.9 Å². The number of aromatic nitrogens is 1. The highest BCUT2D eigenvalue weighted by molar-refractivity contribution is 6.32. The first-order valence-corrected chi connectivity index (χ1v) is 4.90. The van der Waals surface area contributed by atoms with Gasteiger partial charge in [-0.1, -0.05) is 17.5 Å². The van der Waals surface area contributed by atoms with Gasteiger partial charge >= 0.3 is 0 Å². The zero-order chi connectivity index (χ0) is 13.0. The summed E-state index contributed by atoms with van der Waals surface area (Å²) in [5.41, 5.74) is -0.393. The van der Waals surface area contributed by atoms with Crippen LogP contribution in [0.25, 0.3) is 0 Å². The molecule has 0 spiro atoms. The minimum Gasteiger partial charge on any atom is -0.339 e. The molecule has 0 aliphatic rings. The second-order valence-electron chi connectivity index (χ2n) is 3.15. The highest BCUT2D eigenvalue weighted by Crippen LogP contribution is 2.18. The van der Waals surface area contributed by atoms with Crippen LogP contribution in [0.3, 0.4) is 0 Å². The van der Waals surface area contributed by atoms with Crippen molar-refractivity contribution in [2.75, 3.05) is 0 Å². The molecule has 1 aromatic rings. The highest BCUT2D eigenvalue weighted by atomic mass is 35.5. The van der Waals surface area contributed by atoms with Gasteiger partial charge in [-0.05, 0) is 6.92 Å². The lowest BCUT2D eigenvalue weighted by atomic mass is 10.2. The standard InChI is InChI=1S/C10H8ClN3O3/c1-3-6(2)13-10(15)8-4-7(14(16)17)5-12-9(8)11/h1,4-6H,2H3,(H,13,15). The van der Waals surface area contributed by atoms with E-state index in [2.05, 4.69) is 16.2 Å². The van der Waals surface area contributed by atoms with Crippen molar-refractivity contribution in [2.45, 2.75) is 13.0 Å². The number of amides is 1. The minimum atomic E-state index is -0.662. The van der Waals surface area contributed by atoms with Crippen LogP contribution in [0.2, 0.25) is 5.15 Å². The average Bonchev–Trinajstić information content (AvgIpc) is 2.28. The normalized spacial score (nSPS) is 11.4. The first kappa shape index (κ1) is 12.9. The molecule has 1 unspecified atom stereocenters. The molecule has 6 nitrogen and oxygen atoms in total. The molecule has 1 rings (SSSR count). The van der Waals surface area contributed by atoms with Gasteiger partial charge in [0.25, 0.3) is 11.6 Å². The first-order valence-electron chi connectivity index (χ1n) is 4.52. The van der Waals surface area contributed by atoms with E-state index in [-0.39, 0.29) is 16.4 Å². The van der Waals surface area contributed by atoms with Crippen molar-refractivity contribution in [2.24, 2.45) is 0 Å². The summed E-state index contributed by atoms with van der Waals surface area (Å²) in [5, 5.41) is 12.8. The number of carbonyl (C=O) groups is 1. The van der Waals surface area contributed by atoms with Crippen LogP contribution in [0, 0.1) is 22.5 Å². The van der Waals surface area contributed by atoms with Crippen LogP contribution in [0.4, 0.5) is 5.69 Å². The van der Waals surface area contributed by atoms with Gasteiger partial charge in [-0.15, -0.1) is 6.42 Å². The Labute approximate surface area is 102 Å². The Morgan fingerprint density at radius 2 is 2.41 bits per heavy atom. The summed E-state index contributed by atoms with van der Waals surface area (Å²) < 4.78 is 0. The van der Waals surface area contributed by atoms with E-state index in [4.69, 9.17) is 18.0 Å². The van der Waals surface area contributed by atoms with E-state index in [1.54, 1.807) is 6.92 Å². The van der Waals surface area contributed by atoms with Crippen molar-refractivity contribution >= 4 is 23.2 Å². The lowest BCUT2D eigenvalue weighted by molar-refractivity contribution is -0.385. The number of pyridine rings is 1. The monoisotopic (exact) mass is 253 g/mol. The molecule has 0 aliphatic carbocycles. The third-order valence-electron chi connectivity index (χ3n) is 1.88. The average molecular weight is 254 g/mol. The maximum absolute atomic E-state index is 11.7. The Morgan fingerprint density at radius 3 is 2.94 bits per heavy atom. The fourth-order valence-corrected chi connectivity index (χ4v) is 1.20. The molecule has 0 radical (unpaired) electrons. The lowest BCUT2D eigenvalue weighted by Crippen LogP contribution is -2.31. The summed E-state index contributed by atoms with van der Waals surface area (Å²) in [6.07, 6.45) is 6.07. The van der Waals surface area contributed by atoms with E-state index in [1.165, 1.54) is 0 Å². The Balaban J connectivity index is 3.05. The maximum Gasteiger partial charge on any atom is 0.288 e. The largest absolute Gasteiger partial charge is 0.339 e. The van der Waals surface area contributed by atoms with Crippen molar-refractivity contribution in [3.63, 3.8) is 0 Å². The Hall–Kier alpha value is -2.13. The molecule has 0 fully saturated rings. The summed E-state index contributed by atoms with van der Waals surface area (Å²) in [4.78, 5) is 25.1. The number of nitrogens with one attached hydrogen (secondary N) is 1. The smallest absolute Gasteiger partial charge is 0.288 e. The lowest BCUT2D eigenvalue weighted by Gasteiger charge is -2.08. The predicted octanol–water partition coefficient (Wildman–Crippen LogP) is 1.39. The summed E-state index contributed by atoms with van der Waals surface area (Å²) in [5.74, 6) is 1.69. The van der Waals surface area contributed by atoms with Crippen LogP contribution >= 0.6 is 11.6 Å². The quantitative estimate of drug-likeness (QED) is 0.382. The molecule has 0 aliphatic heterocycles. The Kier molecular flexibility index (Phi) is 4.01. The predicted molar refractivity (Wildman–Crippen MR) is 61.7 cm³/mol. The summed E-state index contributed by atoms with van der Waals surface area (Å²) in [7, 11) is 0. The van der Waals surface area contributed by atoms with Crippen LogP contribution in [0.15, 0.2) is 12.3 Å². The van der Waals surface area contributed by atoms with Gasteiger partial charge in [-0.2, -0.15) is 0 Å². The fourth-order valence-electron chi connectivity index (χ4n) is 1.01. The van der Waals surface area contributed by atoms with E-state index in [0.29, 0.717) is 0 Å². The number of terminal acetylenes is 1. The molecule has 0 aromatic carbocycles. The first-order chi connectivity index (χ1) is 7.95. The zero-order valence-corrected chi connectivity index (χ0v) is 9.56. The summed E-state index contributed by atoms with van der Waals surface area (Å²) in [6.45, 7) is 1.59.